The number of benzene rings is 2. The molecule has 26 heavy (non-hydrogen) atoms. The number of hydrogen-bond donors (Lipinski definition) is 1. The molecule has 0 aliphatic rings. The first-order valence-electron chi connectivity index (χ1n) is 8.69. The van der Waals surface area contributed by atoms with E-state index in [4.69, 9.17) is 21.1 Å². The summed E-state index contributed by atoms with van der Waals surface area (Å²) in [5.74, 6) is 1.33. The topological polar surface area (TPSA) is 47.6 Å². The molecule has 1 amide bonds. The number of hydrogen-bond acceptors (Lipinski definition) is 3. The third-order valence-corrected chi connectivity index (χ3v) is 4.94. The average Bonchev–Trinajstić information content (AvgIpc) is 2.62. The van der Waals surface area contributed by atoms with Crippen molar-refractivity contribution in [3.8, 4) is 11.5 Å². The molecular formula is C21H26ClNO3. The number of ether oxygens (including phenoxy) is 2. The average molecular weight is 376 g/mol. The van der Waals surface area contributed by atoms with Crippen LogP contribution in [0.5, 0.6) is 11.5 Å². The fourth-order valence-electron chi connectivity index (χ4n) is 2.91. The van der Waals surface area contributed by atoms with Crippen LogP contribution < -0.4 is 14.8 Å². The quantitative estimate of drug-likeness (QED) is 0.747. The third-order valence-electron chi connectivity index (χ3n) is 4.34. The van der Waals surface area contributed by atoms with Crippen LogP contribution in [0.3, 0.4) is 0 Å². The highest BCUT2D eigenvalue weighted by atomic mass is 35.5. The van der Waals surface area contributed by atoms with Crippen molar-refractivity contribution >= 4 is 17.5 Å². The lowest BCUT2D eigenvalue weighted by molar-refractivity contribution is -0.123. The fourth-order valence-corrected chi connectivity index (χ4v) is 3.02. The van der Waals surface area contributed by atoms with Crippen LogP contribution >= 0.6 is 11.6 Å². The summed E-state index contributed by atoms with van der Waals surface area (Å²) in [7, 11) is 1.65. The Labute approximate surface area is 160 Å². The van der Waals surface area contributed by atoms with Crippen LogP contribution in [0, 0.1) is 20.8 Å². The molecule has 0 heterocycles. The van der Waals surface area contributed by atoms with E-state index in [2.05, 4.69) is 5.32 Å². The molecule has 1 atom stereocenters. The highest BCUT2D eigenvalue weighted by Crippen LogP contribution is 2.26. The zero-order valence-electron chi connectivity index (χ0n) is 16.0. The minimum Gasteiger partial charge on any atom is -0.496 e. The molecule has 2 aromatic rings. The monoisotopic (exact) mass is 375 g/mol. The molecule has 5 heteroatoms. The van der Waals surface area contributed by atoms with Crippen molar-refractivity contribution in [2.45, 2.75) is 40.2 Å². The van der Waals surface area contributed by atoms with E-state index in [1.807, 2.05) is 58.0 Å². The number of amides is 1. The standard InChI is InChI=1S/C21H26ClNO3/c1-6-18(16-7-8-19(25-5)13(2)9-16)23-20(24)12-26-17-10-14(3)21(22)15(4)11-17/h7-11,18H,6,12H2,1-5H3,(H,23,24)/t18-/m1/s1. The Balaban J connectivity index is 2.00. The summed E-state index contributed by atoms with van der Waals surface area (Å²) in [6.07, 6.45) is 0.788. The molecule has 0 saturated heterocycles. The van der Waals surface area contributed by atoms with Gasteiger partial charge >= 0.3 is 0 Å². The summed E-state index contributed by atoms with van der Waals surface area (Å²) in [6, 6.07) is 9.56. The molecule has 0 aromatic heterocycles. The van der Waals surface area contributed by atoms with Crippen LogP contribution in [0.2, 0.25) is 5.02 Å². The lowest BCUT2D eigenvalue weighted by Crippen LogP contribution is -2.32. The second-order valence-corrected chi connectivity index (χ2v) is 6.80. The molecular weight excluding hydrogens is 350 g/mol. The summed E-state index contributed by atoms with van der Waals surface area (Å²) >= 11 is 6.16. The second kappa shape index (κ2) is 8.95. The van der Waals surface area contributed by atoms with Crippen LogP contribution in [0.4, 0.5) is 0 Å². The maximum absolute atomic E-state index is 12.3. The SMILES string of the molecule is CC[C@@H](NC(=O)COc1cc(C)c(Cl)c(C)c1)c1ccc(OC)c(C)c1. The van der Waals surface area contributed by atoms with E-state index < -0.39 is 0 Å². The molecule has 0 bridgehead atoms. The predicted octanol–water partition coefficient (Wildman–Crippen LogP) is 4.92. The zero-order chi connectivity index (χ0) is 19.3. The Morgan fingerprint density at radius 3 is 2.31 bits per heavy atom. The summed E-state index contributed by atoms with van der Waals surface area (Å²) in [5, 5.41) is 3.75. The summed E-state index contributed by atoms with van der Waals surface area (Å²) in [5.41, 5.74) is 3.96. The van der Waals surface area contributed by atoms with E-state index in [0.29, 0.717) is 5.75 Å². The maximum atomic E-state index is 12.3. The Hall–Kier alpha value is -2.20. The van der Waals surface area contributed by atoms with Crippen molar-refractivity contribution in [3.05, 3.63) is 57.6 Å². The molecule has 2 rings (SSSR count). The molecule has 0 fully saturated rings. The van der Waals surface area contributed by atoms with Crippen LogP contribution in [-0.2, 0) is 4.79 Å². The van der Waals surface area contributed by atoms with Crippen molar-refractivity contribution in [1.82, 2.24) is 5.32 Å². The van der Waals surface area contributed by atoms with Gasteiger partial charge in [0.25, 0.3) is 5.91 Å². The van der Waals surface area contributed by atoms with Gasteiger partial charge < -0.3 is 14.8 Å². The first kappa shape index (κ1) is 20.1. The number of nitrogens with one attached hydrogen (secondary N) is 1. The molecule has 0 aliphatic carbocycles. The number of halogens is 1. The molecule has 0 unspecified atom stereocenters. The number of rotatable bonds is 7. The van der Waals surface area contributed by atoms with Gasteiger partial charge in [-0.25, -0.2) is 0 Å². The largest absolute Gasteiger partial charge is 0.496 e. The van der Waals surface area contributed by atoms with Gasteiger partial charge in [0.15, 0.2) is 6.61 Å². The molecule has 0 spiro atoms. The minimum absolute atomic E-state index is 0.0356. The van der Waals surface area contributed by atoms with Gasteiger partial charge in [0.2, 0.25) is 0 Å². The predicted molar refractivity (Wildman–Crippen MR) is 105 cm³/mol. The maximum Gasteiger partial charge on any atom is 0.258 e. The Morgan fingerprint density at radius 1 is 1.12 bits per heavy atom. The van der Waals surface area contributed by atoms with Gasteiger partial charge in [0.1, 0.15) is 11.5 Å². The van der Waals surface area contributed by atoms with Gasteiger partial charge in [-0.05, 0) is 67.6 Å². The number of methoxy groups -OCH3 is 1. The van der Waals surface area contributed by atoms with Crippen molar-refractivity contribution in [1.29, 1.82) is 0 Å². The fraction of sp³-hybridized carbons (Fsp3) is 0.381. The van der Waals surface area contributed by atoms with E-state index in [1.54, 1.807) is 7.11 Å². The first-order valence-corrected chi connectivity index (χ1v) is 9.07. The Bertz CT molecular complexity index is 766. The van der Waals surface area contributed by atoms with Gasteiger partial charge in [0, 0.05) is 5.02 Å². The molecule has 2 aromatic carbocycles. The van der Waals surface area contributed by atoms with Gasteiger partial charge in [-0.2, -0.15) is 0 Å². The highest BCUT2D eigenvalue weighted by Gasteiger charge is 2.15. The van der Waals surface area contributed by atoms with Crippen molar-refractivity contribution in [2.24, 2.45) is 0 Å². The Kier molecular flexibility index (Phi) is 6.92. The molecule has 140 valence electrons. The first-order chi connectivity index (χ1) is 12.3. The van der Waals surface area contributed by atoms with Crippen molar-refractivity contribution < 1.29 is 14.3 Å². The van der Waals surface area contributed by atoms with Crippen molar-refractivity contribution in [3.63, 3.8) is 0 Å². The molecule has 0 aliphatic heterocycles. The summed E-state index contributed by atoms with van der Waals surface area (Å²) in [4.78, 5) is 12.3. The molecule has 4 nitrogen and oxygen atoms in total. The number of carbonyl (C=O) groups is 1. The van der Waals surface area contributed by atoms with Crippen LogP contribution in [0.25, 0.3) is 0 Å². The zero-order valence-corrected chi connectivity index (χ0v) is 16.7. The van der Waals surface area contributed by atoms with E-state index >= 15 is 0 Å². The van der Waals surface area contributed by atoms with Gasteiger partial charge in [-0.3, -0.25) is 4.79 Å². The molecule has 0 radical (unpaired) electrons. The minimum atomic E-state index is -0.157. The van der Waals surface area contributed by atoms with E-state index in [9.17, 15) is 4.79 Å². The lowest BCUT2D eigenvalue weighted by atomic mass is 10.0. The normalized spacial score (nSPS) is 11.8. The van der Waals surface area contributed by atoms with Crippen molar-refractivity contribution in [2.75, 3.05) is 13.7 Å². The summed E-state index contributed by atoms with van der Waals surface area (Å²) in [6.45, 7) is 7.83. The van der Waals surface area contributed by atoms with E-state index in [1.165, 1.54) is 0 Å². The van der Waals surface area contributed by atoms with E-state index in [-0.39, 0.29) is 18.6 Å². The third kappa shape index (κ3) is 4.92. The van der Waals surface area contributed by atoms with Crippen LogP contribution in [0.1, 0.15) is 41.6 Å². The second-order valence-electron chi connectivity index (χ2n) is 6.42. The number of aryl methyl sites for hydroxylation is 3. The summed E-state index contributed by atoms with van der Waals surface area (Å²) < 4.78 is 10.9. The van der Waals surface area contributed by atoms with Gasteiger partial charge in [0.05, 0.1) is 13.2 Å². The number of carbonyl (C=O) groups excluding carboxylic acids is 1. The molecule has 0 saturated carbocycles. The van der Waals surface area contributed by atoms with Gasteiger partial charge in [-0.1, -0.05) is 30.7 Å². The molecule has 1 N–H and O–H groups in total. The Morgan fingerprint density at radius 2 is 1.77 bits per heavy atom. The van der Waals surface area contributed by atoms with Crippen LogP contribution in [-0.4, -0.2) is 19.6 Å². The van der Waals surface area contributed by atoms with Gasteiger partial charge in [-0.15, -0.1) is 0 Å². The lowest BCUT2D eigenvalue weighted by Gasteiger charge is -2.19. The van der Waals surface area contributed by atoms with E-state index in [0.717, 1.165) is 39.4 Å². The highest BCUT2D eigenvalue weighted by molar-refractivity contribution is 6.32. The smallest absolute Gasteiger partial charge is 0.258 e. The van der Waals surface area contributed by atoms with Crippen LogP contribution in [0.15, 0.2) is 30.3 Å².